The third-order valence-corrected chi connectivity index (χ3v) is 0.554. The fourth-order valence-corrected chi connectivity index (χ4v) is 0.248. The molecule has 0 aromatic carbocycles. The van der Waals surface area contributed by atoms with Gasteiger partial charge in [0, 0.05) is 6.08 Å². The first kappa shape index (κ1) is 13.0. The molecule has 0 aliphatic rings. The van der Waals surface area contributed by atoms with Crippen LogP contribution in [0.4, 0.5) is 4.79 Å². The predicted molar refractivity (Wildman–Crippen MR) is 44.7 cm³/mol. The average Bonchev–Trinajstić information content (AvgIpc) is 1.87. The second kappa shape index (κ2) is 9.35. The molecule has 0 fully saturated rings. The Morgan fingerprint density at radius 1 is 1.67 bits per heavy atom. The summed E-state index contributed by atoms with van der Waals surface area (Å²) in [6, 6.07) is 0. The Hall–Kier alpha value is -1.65. The average molecular weight is 175 g/mol. The van der Waals surface area contributed by atoms with Gasteiger partial charge in [-0.05, 0) is 6.92 Å². The Bertz CT molecular complexity index is 161. The van der Waals surface area contributed by atoms with Gasteiger partial charge in [0.25, 0.3) is 5.95 Å². The molecule has 0 radical (unpaired) electrons. The van der Waals surface area contributed by atoms with Crippen molar-refractivity contribution in [2.75, 3.05) is 6.61 Å². The summed E-state index contributed by atoms with van der Waals surface area (Å²) in [6.07, 6.45) is 1.66. The van der Waals surface area contributed by atoms with Gasteiger partial charge in [0.2, 0.25) is 0 Å². The third kappa shape index (κ3) is 23.8. The number of aliphatic hydroxyl groups excluding tert-OH is 1. The van der Waals surface area contributed by atoms with Crippen molar-refractivity contribution >= 4 is 6.09 Å². The smallest absolute Gasteiger partial charge is 0.404 e. The molecule has 5 nitrogen and oxygen atoms in total. The highest BCUT2D eigenvalue weighted by Crippen LogP contribution is 1.75. The Morgan fingerprint density at radius 2 is 2.17 bits per heavy atom. The monoisotopic (exact) mass is 175 g/mol. The van der Waals surface area contributed by atoms with E-state index in [4.69, 9.17) is 10.2 Å². The maximum Gasteiger partial charge on any atom is 0.404 e. The van der Waals surface area contributed by atoms with Gasteiger partial charge < -0.3 is 20.7 Å². The fraction of sp³-hybridized carbons (Fsp3) is 0.286. The molecule has 0 rings (SSSR count). The molecule has 0 spiro atoms. The van der Waals surface area contributed by atoms with E-state index in [9.17, 15) is 4.79 Å². The molecule has 0 aliphatic carbocycles. The third-order valence-electron chi connectivity index (χ3n) is 0.554. The molecule has 5 heteroatoms. The quantitative estimate of drug-likeness (QED) is 0.434. The number of carbonyl (C=O) groups is 1. The molecular weight excluding hydrogens is 162 g/mol. The summed E-state index contributed by atoms with van der Waals surface area (Å²) in [5.41, 5.74) is 4.54. The van der Waals surface area contributed by atoms with Gasteiger partial charge >= 0.3 is 6.09 Å². The molecule has 0 bridgehead atoms. The highest BCUT2D eigenvalue weighted by Gasteiger charge is 1.82. The topological polar surface area (TPSA) is 92.8 Å². The number of hydrogen-bond acceptors (Lipinski definition) is 4. The molecule has 4 N–H and O–H groups in total. The van der Waals surface area contributed by atoms with E-state index < -0.39 is 12.0 Å². The molecule has 0 saturated heterocycles. The summed E-state index contributed by atoms with van der Waals surface area (Å²) >= 11 is 0. The Morgan fingerprint density at radius 3 is 2.17 bits per heavy atom. The number of allylic oxidation sites excluding steroid dienone is 2. The van der Waals surface area contributed by atoms with E-state index in [0.717, 1.165) is 6.08 Å². The van der Waals surface area contributed by atoms with Crippen molar-refractivity contribution in [2.45, 2.75) is 6.92 Å². The summed E-state index contributed by atoms with van der Waals surface area (Å²) in [7, 11) is 0. The van der Waals surface area contributed by atoms with Crippen molar-refractivity contribution in [1.29, 1.82) is 0 Å². The Kier molecular flexibility index (Phi) is 10.1. The molecule has 12 heavy (non-hydrogen) atoms. The fourth-order valence-electron chi connectivity index (χ4n) is 0.248. The van der Waals surface area contributed by atoms with E-state index in [1.54, 1.807) is 6.92 Å². The minimum Gasteiger partial charge on any atom is -0.481 e. The molecule has 0 atom stereocenters. The summed E-state index contributed by atoms with van der Waals surface area (Å²) in [6.45, 7) is 5.26. The van der Waals surface area contributed by atoms with Crippen LogP contribution in [0.5, 0.6) is 0 Å². The van der Waals surface area contributed by atoms with Crippen LogP contribution in [0, 0.1) is 0 Å². The van der Waals surface area contributed by atoms with Crippen molar-refractivity contribution in [1.82, 2.24) is 0 Å². The van der Waals surface area contributed by atoms with Gasteiger partial charge in [-0.15, -0.1) is 0 Å². The minimum absolute atomic E-state index is 0.356. The minimum atomic E-state index is -0.711. The zero-order chi connectivity index (χ0) is 9.98. The molecular formula is C7H13NO4. The van der Waals surface area contributed by atoms with Gasteiger partial charge in [0.05, 0.1) is 6.61 Å². The molecule has 1 amide bonds. The predicted octanol–water partition coefficient (Wildman–Crippen LogP) is 1.23. The van der Waals surface area contributed by atoms with Gasteiger partial charge in [-0.3, -0.25) is 0 Å². The van der Waals surface area contributed by atoms with Crippen LogP contribution >= 0.6 is 0 Å². The SMILES string of the molecule is C=CC=C(O)O.CCOC(N)=O. The van der Waals surface area contributed by atoms with Crippen LogP contribution in [0.2, 0.25) is 0 Å². The zero-order valence-corrected chi connectivity index (χ0v) is 6.86. The van der Waals surface area contributed by atoms with E-state index in [1.165, 1.54) is 6.08 Å². The van der Waals surface area contributed by atoms with Gasteiger partial charge in [-0.25, -0.2) is 4.79 Å². The number of rotatable bonds is 2. The first-order valence-electron chi connectivity index (χ1n) is 3.17. The van der Waals surface area contributed by atoms with Crippen LogP contribution < -0.4 is 5.73 Å². The van der Waals surface area contributed by atoms with Gasteiger partial charge in [0.1, 0.15) is 0 Å². The lowest BCUT2D eigenvalue weighted by atomic mass is 10.6. The molecule has 70 valence electrons. The first-order chi connectivity index (χ1) is 5.54. The number of hydrogen-bond donors (Lipinski definition) is 3. The summed E-state index contributed by atoms with van der Waals surface area (Å²) in [4.78, 5) is 9.60. The zero-order valence-electron chi connectivity index (χ0n) is 6.86. The lowest BCUT2D eigenvalue weighted by Crippen LogP contribution is -2.11. The van der Waals surface area contributed by atoms with Crippen molar-refractivity contribution in [3.63, 3.8) is 0 Å². The Labute approximate surface area is 70.8 Å². The maximum absolute atomic E-state index is 9.60. The van der Waals surface area contributed by atoms with E-state index in [0.29, 0.717) is 6.61 Å². The number of nitrogens with two attached hydrogens (primary N) is 1. The van der Waals surface area contributed by atoms with Gasteiger partial charge in [-0.1, -0.05) is 12.7 Å². The standard InChI is InChI=1S/C4H6O2.C3H7NO2/c1-2-3-4(5)6;1-2-6-3(4)5/h2-3,5-6H,1H2;2H2,1H3,(H2,4,5). The van der Waals surface area contributed by atoms with E-state index in [-0.39, 0.29) is 0 Å². The molecule has 0 aromatic heterocycles. The lowest BCUT2D eigenvalue weighted by Gasteiger charge is -1.89. The molecule has 0 aliphatic heterocycles. The number of carbonyl (C=O) groups excluding carboxylic acids is 1. The van der Waals surface area contributed by atoms with E-state index in [2.05, 4.69) is 17.0 Å². The lowest BCUT2D eigenvalue weighted by molar-refractivity contribution is 0.163. The van der Waals surface area contributed by atoms with Crippen molar-refractivity contribution < 1.29 is 19.7 Å². The van der Waals surface area contributed by atoms with Crippen LogP contribution in [0.3, 0.4) is 0 Å². The largest absolute Gasteiger partial charge is 0.481 e. The van der Waals surface area contributed by atoms with E-state index >= 15 is 0 Å². The summed E-state index contributed by atoms with van der Waals surface area (Å²) in [5, 5.41) is 15.8. The number of ether oxygens (including phenoxy) is 1. The summed E-state index contributed by atoms with van der Waals surface area (Å²) < 4.78 is 4.18. The van der Waals surface area contributed by atoms with Crippen LogP contribution in [-0.4, -0.2) is 22.9 Å². The van der Waals surface area contributed by atoms with Crippen molar-refractivity contribution in [3.05, 3.63) is 24.7 Å². The first-order valence-corrected chi connectivity index (χ1v) is 3.17. The second-order valence-electron chi connectivity index (χ2n) is 1.51. The number of amides is 1. The van der Waals surface area contributed by atoms with Crippen LogP contribution in [0.15, 0.2) is 24.7 Å². The van der Waals surface area contributed by atoms with Gasteiger partial charge in [0.15, 0.2) is 0 Å². The van der Waals surface area contributed by atoms with Crippen molar-refractivity contribution in [2.24, 2.45) is 5.73 Å². The van der Waals surface area contributed by atoms with Crippen LogP contribution in [-0.2, 0) is 4.74 Å². The van der Waals surface area contributed by atoms with Crippen LogP contribution in [0.1, 0.15) is 6.92 Å². The molecule has 0 unspecified atom stereocenters. The van der Waals surface area contributed by atoms with Gasteiger partial charge in [-0.2, -0.15) is 0 Å². The number of primary amides is 1. The van der Waals surface area contributed by atoms with Crippen molar-refractivity contribution in [3.8, 4) is 0 Å². The normalized spacial score (nSPS) is 7.08. The highest BCUT2D eigenvalue weighted by atomic mass is 16.5. The second-order valence-corrected chi connectivity index (χ2v) is 1.51. The molecule has 0 heterocycles. The Balaban J connectivity index is 0. The summed E-state index contributed by atoms with van der Waals surface area (Å²) in [5.74, 6) is -0.704. The molecule has 0 aromatic rings. The molecule has 0 saturated carbocycles. The highest BCUT2D eigenvalue weighted by molar-refractivity contribution is 5.64. The van der Waals surface area contributed by atoms with E-state index in [1.807, 2.05) is 0 Å². The maximum atomic E-state index is 9.60. The van der Waals surface area contributed by atoms with Crippen LogP contribution in [0.25, 0.3) is 0 Å². The number of aliphatic hydroxyl groups is 2.